The summed E-state index contributed by atoms with van der Waals surface area (Å²) in [4.78, 5) is 38.3. The van der Waals surface area contributed by atoms with Crippen molar-refractivity contribution in [1.82, 2.24) is 19.5 Å². The first-order chi connectivity index (χ1) is 18.3. The highest BCUT2D eigenvalue weighted by atomic mass is 32.2. The van der Waals surface area contributed by atoms with E-state index in [0.29, 0.717) is 11.0 Å². The average Bonchev–Trinajstić information content (AvgIpc) is 2.92. The predicted molar refractivity (Wildman–Crippen MR) is 139 cm³/mol. The van der Waals surface area contributed by atoms with Gasteiger partial charge in [0.1, 0.15) is 17.0 Å². The van der Waals surface area contributed by atoms with Crippen molar-refractivity contribution < 1.29 is 17.6 Å². The third-order valence-electron chi connectivity index (χ3n) is 5.59. The van der Waals surface area contributed by atoms with E-state index in [4.69, 9.17) is 0 Å². The summed E-state index contributed by atoms with van der Waals surface area (Å²) in [5.41, 5.74) is 0.00747. The van der Waals surface area contributed by atoms with Gasteiger partial charge in [-0.15, -0.1) is 0 Å². The summed E-state index contributed by atoms with van der Waals surface area (Å²) in [6.07, 6.45) is 4.31. The molecule has 3 heterocycles. The second-order valence-corrected chi connectivity index (χ2v) is 9.80. The SMILES string of the molecule is O=C(Nc1ccc(S(=O)(=O)Nc2ncccn2)cc1)c1cc2cccnc2n(Cc2ccccc2F)c1=O. The van der Waals surface area contributed by atoms with Crippen molar-refractivity contribution in [2.24, 2.45) is 0 Å². The van der Waals surface area contributed by atoms with Crippen LogP contribution in [0.2, 0.25) is 0 Å². The highest BCUT2D eigenvalue weighted by Crippen LogP contribution is 2.18. The summed E-state index contributed by atoms with van der Waals surface area (Å²) in [6.45, 7) is -0.120. The third kappa shape index (κ3) is 5.11. The van der Waals surface area contributed by atoms with Crippen molar-refractivity contribution in [1.29, 1.82) is 0 Å². The molecular weight excluding hydrogens is 511 g/mol. The summed E-state index contributed by atoms with van der Waals surface area (Å²) in [6, 6.07) is 17.7. The van der Waals surface area contributed by atoms with Crippen molar-refractivity contribution in [2.45, 2.75) is 11.4 Å². The van der Waals surface area contributed by atoms with Crippen LogP contribution in [0.1, 0.15) is 15.9 Å². The van der Waals surface area contributed by atoms with Gasteiger partial charge in [-0.1, -0.05) is 18.2 Å². The van der Waals surface area contributed by atoms with Gasteiger partial charge in [0.2, 0.25) is 5.95 Å². The number of hydrogen-bond acceptors (Lipinski definition) is 7. The zero-order chi connectivity index (χ0) is 26.7. The number of sulfonamides is 1. The summed E-state index contributed by atoms with van der Waals surface area (Å²) < 4.78 is 43.0. The Morgan fingerprint density at radius 1 is 0.895 bits per heavy atom. The first kappa shape index (κ1) is 24.7. The Morgan fingerprint density at radius 3 is 2.34 bits per heavy atom. The molecule has 5 aromatic rings. The van der Waals surface area contributed by atoms with E-state index in [9.17, 15) is 22.4 Å². The van der Waals surface area contributed by atoms with Crippen molar-refractivity contribution in [3.05, 3.63) is 119 Å². The highest BCUT2D eigenvalue weighted by Gasteiger charge is 2.19. The second-order valence-electron chi connectivity index (χ2n) is 8.11. The normalized spacial score (nSPS) is 11.3. The number of rotatable bonds is 7. The van der Waals surface area contributed by atoms with E-state index in [-0.39, 0.29) is 34.2 Å². The van der Waals surface area contributed by atoms with Crippen LogP contribution in [-0.2, 0) is 16.6 Å². The van der Waals surface area contributed by atoms with Crippen molar-refractivity contribution in [3.63, 3.8) is 0 Å². The van der Waals surface area contributed by atoms with Gasteiger partial charge in [-0.3, -0.25) is 14.2 Å². The number of aromatic nitrogens is 4. The molecular formula is C26H19FN6O4S. The molecule has 2 aromatic carbocycles. The number of benzene rings is 2. The van der Waals surface area contributed by atoms with Gasteiger partial charge in [-0.25, -0.2) is 32.5 Å². The van der Waals surface area contributed by atoms with E-state index in [1.54, 1.807) is 36.4 Å². The largest absolute Gasteiger partial charge is 0.322 e. The number of nitrogens with one attached hydrogen (secondary N) is 2. The fourth-order valence-corrected chi connectivity index (χ4v) is 4.72. The molecule has 0 aliphatic carbocycles. The van der Waals surface area contributed by atoms with Gasteiger partial charge in [0.25, 0.3) is 21.5 Å². The Balaban J connectivity index is 1.42. The maximum Gasteiger partial charge on any atom is 0.265 e. The Labute approximate surface area is 215 Å². The summed E-state index contributed by atoms with van der Waals surface area (Å²) in [5.74, 6) is -1.28. The molecule has 1 amide bonds. The summed E-state index contributed by atoms with van der Waals surface area (Å²) >= 11 is 0. The van der Waals surface area contributed by atoms with Crippen LogP contribution in [-0.4, -0.2) is 33.8 Å². The smallest absolute Gasteiger partial charge is 0.265 e. The second kappa shape index (κ2) is 10.2. The Bertz CT molecular complexity index is 1810. The number of carbonyl (C=O) groups excluding carboxylic acids is 1. The quantitative estimate of drug-likeness (QED) is 0.329. The van der Waals surface area contributed by atoms with Crippen LogP contribution in [0.5, 0.6) is 0 Å². The molecule has 3 aromatic heterocycles. The van der Waals surface area contributed by atoms with Gasteiger partial charge in [-0.2, -0.15) is 0 Å². The lowest BCUT2D eigenvalue weighted by atomic mass is 10.1. The van der Waals surface area contributed by atoms with E-state index in [2.05, 4.69) is 25.0 Å². The average molecular weight is 531 g/mol. The topological polar surface area (TPSA) is 136 Å². The third-order valence-corrected chi connectivity index (χ3v) is 6.94. The number of hydrogen-bond donors (Lipinski definition) is 2. The molecule has 0 radical (unpaired) electrons. The Morgan fingerprint density at radius 2 is 1.61 bits per heavy atom. The fraction of sp³-hybridized carbons (Fsp3) is 0.0385. The zero-order valence-corrected chi connectivity index (χ0v) is 20.4. The zero-order valence-electron chi connectivity index (χ0n) is 19.6. The van der Waals surface area contributed by atoms with Gasteiger partial charge < -0.3 is 5.32 Å². The van der Waals surface area contributed by atoms with Crippen molar-refractivity contribution in [3.8, 4) is 0 Å². The molecule has 38 heavy (non-hydrogen) atoms. The van der Waals surface area contributed by atoms with Crippen LogP contribution in [0.4, 0.5) is 16.0 Å². The molecule has 12 heteroatoms. The first-order valence-electron chi connectivity index (χ1n) is 11.2. The minimum absolute atomic E-state index is 0.0769. The van der Waals surface area contributed by atoms with Gasteiger partial charge in [0, 0.05) is 35.2 Å². The standard InChI is InChI=1S/C26H19FN6O4S/c27-22-7-2-1-5-18(22)16-33-23-17(6-3-12-28-23)15-21(25(33)35)24(34)31-19-8-10-20(11-9-19)38(36,37)32-26-29-13-4-14-30-26/h1-15H,16H2,(H,31,34)(H,29,30,32). The van der Waals surface area contributed by atoms with E-state index in [1.807, 2.05) is 0 Å². The number of fused-ring (bicyclic) bond motifs is 1. The fourth-order valence-electron chi connectivity index (χ4n) is 3.76. The van der Waals surface area contributed by atoms with Gasteiger partial charge >= 0.3 is 0 Å². The van der Waals surface area contributed by atoms with Gasteiger partial charge in [0.15, 0.2) is 0 Å². The van der Waals surface area contributed by atoms with Crippen LogP contribution in [0.25, 0.3) is 11.0 Å². The number of carbonyl (C=O) groups is 1. The van der Waals surface area contributed by atoms with Crippen LogP contribution < -0.4 is 15.6 Å². The molecule has 0 bridgehead atoms. The molecule has 0 aliphatic heterocycles. The molecule has 0 fully saturated rings. The number of nitrogens with zero attached hydrogens (tertiary/aromatic N) is 4. The molecule has 0 aliphatic rings. The molecule has 0 saturated heterocycles. The maximum atomic E-state index is 14.3. The molecule has 0 spiro atoms. The van der Waals surface area contributed by atoms with Gasteiger partial charge in [0.05, 0.1) is 11.4 Å². The molecule has 5 rings (SSSR count). The Kier molecular flexibility index (Phi) is 6.62. The molecule has 190 valence electrons. The highest BCUT2D eigenvalue weighted by molar-refractivity contribution is 7.92. The van der Waals surface area contributed by atoms with E-state index in [0.717, 1.165) is 0 Å². The summed E-state index contributed by atoms with van der Waals surface area (Å²) in [7, 11) is -3.96. The number of halogens is 1. The van der Waals surface area contributed by atoms with Crippen LogP contribution in [0.3, 0.4) is 0 Å². The van der Waals surface area contributed by atoms with Crippen LogP contribution >= 0.6 is 0 Å². The molecule has 0 saturated carbocycles. The molecule has 0 unspecified atom stereocenters. The maximum absolute atomic E-state index is 14.3. The lowest BCUT2D eigenvalue weighted by Gasteiger charge is -2.13. The lowest BCUT2D eigenvalue weighted by Crippen LogP contribution is -2.30. The van der Waals surface area contributed by atoms with Crippen LogP contribution in [0.15, 0.2) is 101 Å². The van der Waals surface area contributed by atoms with Crippen molar-refractivity contribution >= 4 is 38.6 Å². The Hall–Kier alpha value is -4.97. The lowest BCUT2D eigenvalue weighted by molar-refractivity contribution is 0.102. The number of amides is 1. The molecule has 10 nitrogen and oxygen atoms in total. The molecule has 2 N–H and O–H groups in total. The van der Waals surface area contributed by atoms with E-state index < -0.39 is 27.3 Å². The predicted octanol–water partition coefficient (Wildman–Crippen LogP) is 3.43. The number of pyridine rings is 2. The monoisotopic (exact) mass is 530 g/mol. The minimum Gasteiger partial charge on any atom is -0.322 e. The molecule has 0 atom stereocenters. The first-order valence-corrected chi connectivity index (χ1v) is 12.7. The van der Waals surface area contributed by atoms with Crippen LogP contribution in [0, 0.1) is 5.82 Å². The van der Waals surface area contributed by atoms with Crippen molar-refractivity contribution in [2.75, 3.05) is 10.0 Å². The van der Waals surface area contributed by atoms with E-state index >= 15 is 0 Å². The minimum atomic E-state index is -3.96. The number of anilines is 2. The van der Waals surface area contributed by atoms with Gasteiger partial charge in [-0.05, 0) is 54.6 Å². The summed E-state index contributed by atoms with van der Waals surface area (Å²) in [5, 5.41) is 3.13. The van der Waals surface area contributed by atoms with E-state index in [1.165, 1.54) is 59.6 Å².